The molecule has 0 bridgehead atoms. The molecule has 0 saturated heterocycles. The third-order valence-corrected chi connectivity index (χ3v) is 4.91. The maximum absolute atomic E-state index is 6.24. The molecule has 0 aliphatic carbocycles. The lowest BCUT2D eigenvalue weighted by atomic mass is 10.2. The summed E-state index contributed by atoms with van der Waals surface area (Å²) >= 11 is 34.5. The molecule has 33 heavy (non-hydrogen) atoms. The summed E-state index contributed by atoms with van der Waals surface area (Å²) in [6, 6.07) is 10.6. The lowest BCUT2D eigenvalue weighted by Crippen LogP contribution is -2.05. The number of rotatable bonds is 13. The first kappa shape index (κ1) is 27.8. The Morgan fingerprint density at radius 1 is 0.758 bits per heavy atom. The van der Waals surface area contributed by atoms with Crippen LogP contribution in [0.5, 0.6) is 17.2 Å². The Balaban J connectivity index is 1.72. The molecule has 2 aromatic rings. The molecule has 178 valence electrons. The van der Waals surface area contributed by atoms with Crippen molar-refractivity contribution in [1.82, 2.24) is 0 Å². The van der Waals surface area contributed by atoms with Crippen molar-refractivity contribution in [2.75, 3.05) is 26.4 Å². The fourth-order valence-corrected chi connectivity index (χ4v) is 3.10. The van der Waals surface area contributed by atoms with Crippen molar-refractivity contribution in [3.63, 3.8) is 0 Å². The van der Waals surface area contributed by atoms with E-state index in [4.69, 9.17) is 88.7 Å². The highest BCUT2D eigenvalue weighted by molar-refractivity contribution is 6.56. The molecule has 0 atom stereocenters. The monoisotopic (exact) mass is 571 g/mol. The van der Waals surface area contributed by atoms with Crippen LogP contribution in [0.3, 0.4) is 0 Å². The molecule has 0 radical (unpaired) electrons. The predicted octanol–water partition coefficient (Wildman–Crippen LogP) is 8.21. The maximum Gasteiger partial charge on any atom is 0.156 e. The van der Waals surface area contributed by atoms with E-state index in [1.807, 2.05) is 24.3 Å². The van der Waals surface area contributed by atoms with Crippen LogP contribution >= 0.6 is 69.6 Å². The zero-order chi connectivity index (χ0) is 24.1. The van der Waals surface area contributed by atoms with Gasteiger partial charge in [-0.1, -0.05) is 74.8 Å². The number of halogens is 6. The number of nitrogens with zero attached hydrogens (tertiary/aromatic N) is 1. The molecule has 0 aliphatic heterocycles. The second-order valence-corrected chi connectivity index (χ2v) is 8.99. The Hall–Kier alpha value is -1.47. The van der Waals surface area contributed by atoms with Crippen LogP contribution in [0.15, 0.2) is 62.7 Å². The first-order chi connectivity index (χ1) is 15.8. The minimum Gasteiger partial charge on any atom is -0.493 e. The summed E-state index contributed by atoms with van der Waals surface area (Å²) in [7, 11) is 0. The van der Waals surface area contributed by atoms with Gasteiger partial charge < -0.3 is 19.0 Å². The number of hydrogen-bond donors (Lipinski definition) is 0. The van der Waals surface area contributed by atoms with Gasteiger partial charge in [0.1, 0.15) is 33.7 Å². The maximum atomic E-state index is 6.24. The van der Waals surface area contributed by atoms with Crippen LogP contribution < -0.4 is 14.2 Å². The quantitative estimate of drug-likeness (QED) is 0.138. The Bertz CT molecular complexity index is 948. The van der Waals surface area contributed by atoms with Gasteiger partial charge in [-0.15, -0.1) is 0 Å². The van der Waals surface area contributed by atoms with Gasteiger partial charge in [0.15, 0.2) is 5.75 Å². The minimum absolute atomic E-state index is 0.117. The van der Waals surface area contributed by atoms with E-state index in [2.05, 4.69) is 5.16 Å². The molecule has 0 spiro atoms. The molecule has 0 saturated carbocycles. The highest BCUT2D eigenvalue weighted by atomic mass is 35.5. The van der Waals surface area contributed by atoms with E-state index >= 15 is 0 Å². The van der Waals surface area contributed by atoms with Crippen molar-refractivity contribution in [3.8, 4) is 17.2 Å². The molecule has 0 N–H and O–H groups in total. The molecule has 2 aromatic carbocycles. The second-order valence-electron chi connectivity index (χ2n) is 6.16. The summed E-state index contributed by atoms with van der Waals surface area (Å²) < 4.78 is 17.1. The number of hydrogen-bond acceptors (Lipinski definition) is 5. The van der Waals surface area contributed by atoms with Gasteiger partial charge in [0.2, 0.25) is 0 Å². The van der Waals surface area contributed by atoms with Crippen molar-refractivity contribution in [2.24, 2.45) is 5.16 Å². The van der Waals surface area contributed by atoms with Gasteiger partial charge in [-0.2, -0.15) is 0 Å². The van der Waals surface area contributed by atoms with Crippen molar-refractivity contribution in [1.29, 1.82) is 0 Å². The molecule has 2 rings (SSSR count). The lowest BCUT2D eigenvalue weighted by Gasteiger charge is -2.12. The fourth-order valence-electron chi connectivity index (χ4n) is 2.27. The van der Waals surface area contributed by atoms with Crippen molar-refractivity contribution in [3.05, 3.63) is 73.1 Å². The van der Waals surface area contributed by atoms with Gasteiger partial charge in [0, 0.05) is 18.6 Å². The van der Waals surface area contributed by atoms with Crippen molar-refractivity contribution >= 4 is 75.8 Å². The standard InChI is InChI=1S/C22H19Cl6NO4/c23-18-12-17(31-10-6-20(25)26)13-19(24)22(18)32-9-1-8-30-16-4-2-15(3-5-16)14-29-33-11-7-21(27)28/h2-7,12-14H,1,8-11H2/b29-14+. The van der Waals surface area contributed by atoms with Crippen LogP contribution in [0.25, 0.3) is 0 Å². The SMILES string of the molecule is ClC(Cl)=CCO/N=C/c1ccc(OCCCOc2c(Cl)cc(OCC=C(Cl)Cl)cc2Cl)cc1. The zero-order valence-electron chi connectivity index (χ0n) is 17.1. The predicted molar refractivity (Wildman–Crippen MR) is 137 cm³/mol. The van der Waals surface area contributed by atoms with E-state index in [-0.39, 0.29) is 22.2 Å². The van der Waals surface area contributed by atoms with E-state index < -0.39 is 0 Å². The Morgan fingerprint density at radius 2 is 1.36 bits per heavy atom. The van der Waals surface area contributed by atoms with Crippen molar-refractivity contribution < 1.29 is 19.0 Å². The summed E-state index contributed by atoms with van der Waals surface area (Å²) in [5.41, 5.74) is 0.852. The number of ether oxygens (including phenoxy) is 3. The zero-order valence-corrected chi connectivity index (χ0v) is 21.6. The molecule has 0 heterocycles. The average molecular weight is 574 g/mol. The Labute approximate surface area is 222 Å². The van der Waals surface area contributed by atoms with Crippen LogP contribution in [-0.4, -0.2) is 32.6 Å². The van der Waals surface area contributed by atoms with E-state index in [9.17, 15) is 0 Å². The van der Waals surface area contributed by atoms with Gasteiger partial charge in [-0.05, 0) is 42.0 Å². The fraction of sp³-hybridized carbons (Fsp3) is 0.227. The summed E-state index contributed by atoms with van der Waals surface area (Å²) in [6.07, 6.45) is 5.19. The minimum atomic E-state index is 0.117. The highest BCUT2D eigenvalue weighted by Crippen LogP contribution is 2.37. The summed E-state index contributed by atoms with van der Waals surface area (Å²) in [5.74, 6) is 1.57. The van der Waals surface area contributed by atoms with Gasteiger partial charge in [0.05, 0.1) is 29.5 Å². The first-order valence-electron chi connectivity index (χ1n) is 9.50. The number of oxime groups is 1. The molecule has 0 aliphatic rings. The van der Waals surface area contributed by atoms with Gasteiger partial charge in [-0.3, -0.25) is 0 Å². The first-order valence-corrected chi connectivity index (χ1v) is 11.8. The van der Waals surface area contributed by atoms with Crippen LogP contribution in [0.2, 0.25) is 10.0 Å². The van der Waals surface area contributed by atoms with Crippen LogP contribution in [0.4, 0.5) is 0 Å². The lowest BCUT2D eigenvalue weighted by molar-refractivity contribution is 0.176. The van der Waals surface area contributed by atoms with Crippen LogP contribution in [-0.2, 0) is 4.84 Å². The third-order valence-electron chi connectivity index (χ3n) is 3.73. The number of benzene rings is 2. The largest absolute Gasteiger partial charge is 0.493 e. The van der Waals surface area contributed by atoms with Crippen molar-refractivity contribution in [2.45, 2.75) is 6.42 Å². The van der Waals surface area contributed by atoms with E-state index in [0.29, 0.717) is 46.9 Å². The molecule has 0 amide bonds. The average Bonchev–Trinajstić information content (AvgIpc) is 2.75. The Morgan fingerprint density at radius 3 is 2.00 bits per heavy atom. The van der Waals surface area contributed by atoms with Gasteiger partial charge in [-0.25, -0.2) is 0 Å². The van der Waals surface area contributed by atoms with E-state index in [1.54, 1.807) is 18.3 Å². The second kappa shape index (κ2) is 15.4. The van der Waals surface area contributed by atoms with E-state index in [0.717, 1.165) is 5.56 Å². The van der Waals surface area contributed by atoms with Crippen LogP contribution in [0.1, 0.15) is 12.0 Å². The summed E-state index contributed by atoms with van der Waals surface area (Å²) in [6.45, 7) is 1.20. The van der Waals surface area contributed by atoms with Gasteiger partial charge >= 0.3 is 0 Å². The topological polar surface area (TPSA) is 49.3 Å². The molecule has 0 unspecified atom stereocenters. The summed E-state index contributed by atoms with van der Waals surface area (Å²) in [5, 5.41) is 4.48. The molecule has 5 nitrogen and oxygen atoms in total. The molecular formula is C22H19Cl6NO4. The van der Waals surface area contributed by atoms with E-state index in [1.165, 1.54) is 12.2 Å². The Kier molecular flexibility index (Phi) is 13.0. The normalized spacial score (nSPS) is 10.6. The molecule has 11 heteroatoms. The molecule has 0 aromatic heterocycles. The molecule has 0 fully saturated rings. The highest BCUT2D eigenvalue weighted by Gasteiger charge is 2.10. The van der Waals surface area contributed by atoms with Gasteiger partial charge in [0.25, 0.3) is 0 Å². The molecular weight excluding hydrogens is 555 g/mol. The van der Waals surface area contributed by atoms with Crippen LogP contribution in [0, 0.1) is 0 Å². The third kappa shape index (κ3) is 11.5. The smallest absolute Gasteiger partial charge is 0.156 e. The summed E-state index contributed by atoms with van der Waals surface area (Å²) in [4.78, 5) is 5.00.